The van der Waals surface area contributed by atoms with Gasteiger partial charge in [0.25, 0.3) is 0 Å². The van der Waals surface area contributed by atoms with Crippen LogP contribution >= 0.6 is 0 Å². The van der Waals surface area contributed by atoms with Gasteiger partial charge in [0.15, 0.2) is 0 Å². The van der Waals surface area contributed by atoms with Crippen LogP contribution in [0.3, 0.4) is 0 Å². The topological polar surface area (TPSA) is 90.9 Å². The maximum atomic E-state index is 12.2. The highest BCUT2D eigenvalue weighted by atomic mass is 16.4. The molecule has 1 aromatic heterocycles. The van der Waals surface area contributed by atoms with E-state index < -0.39 is 17.1 Å². The monoisotopic (exact) mass is 402 g/mol. The maximum Gasteiger partial charge on any atom is 0.335 e. The zero-order valence-corrected chi connectivity index (χ0v) is 17.5. The molecule has 0 amide bonds. The molecular formula is C24H34O5. The maximum absolute atomic E-state index is 12.2. The normalized spacial score (nSPS) is 51.8. The Morgan fingerprint density at radius 3 is 2.59 bits per heavy atom. The Kier molecular flexibility index (Phi) is 4.37. The average molecular weight is 403 g/mol. The summed E-state index contributed by atoms with van der Waals surface area (Å²) in [4.78, 5) is 11.4. The molecule has 0 radical (unpaired) electrons. The first kappa shape index (κ1) is 19.8. The van der Waals surface area contributed by atoms with E-state index >= 15 is 0 Å². The standard InChI is InChI=1S/C24H34O5/c1-22-9-7-16(25)11-15(22)4-5-18-21(22)19(26)12-23(2)17(8-10-24(18,23)28)14-3-6-20(27)29-13-14/h3,6,13,15-19,21,25-26,28H,4-5,7-12H2,1-2H3/t15-,16+,17-,18-,19+,21?,22+,23-,24-/m1/s1. The van der Waals surface area contributed by atoms with Crippen molar-refractivity contribution in [1.29, 1.82) is 0 Å². The van der Waals surface area contributed by atoms with Crippen LogP contribution in [0.4, 0.5) is 0 Å². The third-order valence-corrected chi connectivity index (χ3v) is 9.89. The van der Waals surface area contributed by atoms with E-state index in [4.69, 9.17) is 4.42 Å². The molecule has 0 aliphatic heterocycles. The molecule has 3 N–H and O–H groups in total. The molecule has 29 heavy (non-hydrogen) atoms. The third-order valence-electron chi connectivity index (χ3n) is 9.89. The zero-order chi connectivity index (χ0) is 20.6. The lowest BCUT2D eigenvalue weighted by molar-refractivity contribution is -0.239. The number of rotatable bonds is 1. The Balaban J connectivity index is 1.52. The second-order valence-corrected chi connectivity index (χ2v) is 10.9. The molecule has 5 nitrogen and oxygen atoms in total. The minimum absolute atomic E-state index is 0.0176. The molecule has 9 atom stereocenters. The molecule has 1 aromatic rings. The van der Waals surface area contributed by atoms with Gasteiger partial charge < -0.3 is 19.7 Å². The van der Waals surface area contributed by atoms with Crippen LogP contribution in [0.5, 0.6) is 0 Å². The van der Waals surface area contributed by atoms with E-state index in [-0.39, 0.29) is 34.9 Å². The molecule has 4 aliphatic carbocycles. The van der Waals surface area contributed by atoms with Crippen LogP contribution < -0.4 is 5.63 Å². The van der Waals surface area contributed by atoms with E-state index in [1.807, 2.05) is 6.07 Å². The molecule has 160 valence electrons. The molecule has 0 bridgehead atoms. The third kappa shape index (κ3) is 2.60. The van der Waals surface area contributed by atoms with Crippen molar-refractivity contribution in [2.75, 3.05) is 0 Å². The molecule has 0 spiro atoms. The van der Waals surface area contributed by atoms with E-state index in [0.717, 1.165) is 50.5 Å². The number of hydrogen-bond acceptors (Lipinski definition) is 5. The van der Waals surface area contributed by atoms with Gasteiger partial charge in [0.05, 0.1) is 24.1 Å². The largest absolute Gasteiger partial charge is 0.431 e. The average Bonchev–Trinajstić information content (AvgIpc) is 2.94. The highest BCUT2D eigenvalue weighted by molar-refractivity contribution is 5.28. The number of fused-ring (bicyclic) bond motifs is 5. The fraction of sp³-hybridized carbons (Fsp3) is 0.792. The van der Waals surface area contributed by atoms with E-state index in [2.05, 4.69) is 13.8 Å². The van der Waals surface area contributed by atoms with Crippen LogP contribution in [-0.4, -0.2) is 33.1 Å². The summed E-state index contributed by atoms with van der Waals surface area (Å²) in [7, 11) is 0. The summed E-state index contributed by atoms with van der Waals surface area (Å²) < 4.78 is 5.14. The molecular weight excluding hydrogens is 368 g/mol. The lowest BCUT2D eigenvalue weighted by Gasteiger charge is -2.65. The van der Waals surface area contributed by atoms with Gasteiger partial charge in [0, 0.05) is 11.5 Å². The predicted octanol–water partition coefficient (Wildman–Crippen LogP) is 3.21. The molecule has 1 unspecified atom stereocenters. The van der Waals surface area contributed by atoms with Gasteiger partial charge in [0.1, 0.15) is 0 Å². The van der Waals surface area contributed by atoms with Gasteiger partial charge in [-0.2, -0.15) is 0 Å². The van der Waals surface area contributed by atoms with Crippen molar-refractivity contribution in [2.45, 2.75) is 88.9 Å². The first-order valence-electron chi connectivity index (χ1n) is 11.4. The molecule has 5 rings (SSSR count). The Morgan fingerprint density at radius 1 is 1.07 bits per heavy atom. The van der Waals surface area contributed by atoms with Crippen LogP contribution in [0.25, 0.3) is 0 Å². The van der Waals surface area contributed by atoms with Gasteiger partial charge in [-0.3, -0.25) is 0 Å². The first-order chi connectivity index (χ1) is 13.7. The van der Waals surface area contributed by atoms with Crippen LogP contribution in [0.2, 0.25) is 0 Å². The molecule has 0 aromatic carbocycles. The van der Waals surface area contributed by atoms with Gasteiger partial charge in [-0.25, -0.2) is 4.79 Å². The van der Waals surface area contributed by atoms with Gasteiger partial charge >= 0.3 is 5.63 Å². The second-order valence-electron chi connectivity index (χ2n) is 10.9. The summed E-state index contributed by atoms with van der Waals surface area (Å²) in [6.07, 6.45) is 7.49. The number of aliphatic hydroxyl groups excluding tert-OH is 2. The summed E-state index contributed by atoms with van der Waals surface area (Å²) in [5, 5.41) is 33.8. The minimum Gasteiger partial charge on any atom is -0.431 e. The summed E-state index contributed by atoms with van der Waals surface area (Å²) in [6.45, 7) is 4.43. The molecule has 0 saturated heterocycles. The van der Waals surface area contributed by atoms with E-state index in [9.17, 15) is 20.1 Å². The smallest absolute Gasteiger partial charge is 0.335 e. The number of aliphatic hydroxyl groups is 3. The summed E-state index contributed by atoms with van der Waals surface area (Å²) in [5.41, 5.74) is -0.681. The summed E-state index contributed by atoms with van der Waals surface area (Å²) in [5.74, 6) is 0.662. The van der Waals surface area contributed by atoms with Crippen LogP contribution in [-0.2, 0) is 0 Å². The second kappa shape index (κ2) is 6.41. The van der Waals surface area contributed by atoms with Gasteiger partial charge in [-0.1, -0.05) is 13.8 Å². The van der Waals surface area contributed by atoms with Crippen molar-refractivity contribution in [2.24, 2.45) is 28.6 Å². The van der Waals surface area contributed by atoms with E-state index in [0.29, 0.717) is 12.3 Å². The van der Waals surface area contributed by atoms with E-state index in [1.165, 1.54) is 6.07 Å². The minimum atomic E-state index is -0.818. The Hall–Kier alpha value is -1.17. The van der Waals surface area contributed by atoms with Crippen molar-refractivity contribution in [3.05, 3.63) is 34.4 Å². The zero-order valence-electron chi connectivity index (χ0n) is 17.5. The Bertz CT molecular complexity index is 829. The van der Waals surface area contributed by atoms with E-state index in [1.54, 1.807) is 6.26 Å². The van der Waals surface area contributed by atoms with Crippen molar-refractivity contribution in [3.8, 4) is 0 Å². The fourth-order valence-electron chi connectivity index (χ4n) is 8.41. The quantitative estimate of drug-likeness (QED) is 0.671. The summed E-state index contributed by atoms with van der Waals surface area (Å²) >= 11 is 0. The van der Waals surface area contributed by atoms with Gasteiger partial charge in [0.2, 0.25) is 0 Å². The molecule has 5 heteroatoms. The SMILES string of the molecule is C[C@]12CC[C@H](O)C[C@H]1CC[C@@H]1C2[C@@H](O)C[C@]2(C)[C@@H](c3ccc(=O)oc3)CC[C@@]12O. The van der Waals surface area contributed by atoms with Crippen LogP contribution in [0.1, 0.15) is 76.7 Å². The summed E-state index contributed by atoms with van der Waals surface area (Å²) in [6, 6.07) is 3.28. The van der Waals surface area contributed by atoms with Gasteiger partial charge in [-0.05, 0) is 92.1 Å². The van der Waals surface area contributed by atoms with Crippen molar-refractivity contribution in [1.82, 2.24) is 0 Å². The lowest BCUT2D eigenvalue weighted by Crippen LogP contribution is -2.66. The Labute approximate surface area is 172 Å². The van der Waals surface area contributed by atoms with Crippen LogP contribution in [0, 0.1) is 28.6 Å². The highest BCUT2D eigenvalue weighted by Gasteiger charge is 2.69. The fourth-order valence-corrected chi connectivity index (χ4v) is 8.41. The number of hydrogen-bond donors (Lipinski definition) is 3. The Morgan fingerprint density at radius 2 is 1.86 bits per heavy atom. The predicted molar refractivity (Wildman–Crippen MR) is 108 cm³/mol. The molecule has 4 aliphatic rings. The highest BCUT2D eigenvalue weighted by Crippen LogP contribution is 2.70. The lowest BCUT2D eigenvalue weighted by atomic mass is 9.42. The molecule has 4 saturated carbocycles. The van der Waals surface area contributed by atoms with Crippen molar-refractivity contribution < 1.29 is 19.7 Å². The van der Waals surface area contributed by atoms with Crippen molar-refractivity contribution in [3.63, 3.8) is 0 Å². The first-order valence-corrected chi connectivity index (χ1v) is 11.4. The molecule has 4 fully saturated rings. The van der Waals surface area contributed by atoms with Gasteiger partial charge in [-0.15, -0.1) is 0 Å². The van der Waals surface area contributed by atoms with Crippen molar-refractivity contribution >= 4 is 0 Å². The molecule has 1 heterocycles. The van der Waals surface area contributed by atoms with Crippen LogP contribution in [0.15, 0.2) is 27.6 Å².